The first-order chi connectivity index (χ1) is 11.1. The average molecular weight is 308 g/mol. The Labute approximate surface area is 130 Å². The lowest BCUT2D eigenvalue weighted by atomic mass is 10.2. The van der Waals surface area contributed by atoms with Gasteiger partial charge in [0.25, 0.3) is 11.2 Å². The van der Waals surface area contributed by atoms with E-state index in [2.05, 4.69) is 10.1 Å². The van der Waals surface area contributed by atoms with Crippen LogP contribution in [0, 0.1) is 17.0 Å². The quantitative estimate of drug-likeness (QED) is 0.422. The van der Waals surface area contributed by atoms with Crippen LogP contribution < -0.4 is 5.56 Å². The molecule has 1 heterocycles. The molecule has 0 saturated heterocycles. The summed E-state index contributed by atoms with van der Waals surface area (Å²) in [7, 11) is 0. The van der Waals surface area contributed by atoms with E-state index in [1.54, 1.807) is 37.3 Å². The Morgan fingerprint density at radius 3 is 2.57 bits per heavy atom. The Hall–Kier alpha value is -3.35. The molecule has 2 aromatic carbocycles. The average Bonchev–Trinajstić information content (AvgIpc) is 2.55. The summed E-state index contributed by atoms with van der Waals surface area (Å²) in [5.41, 5.74) is 1.01. The summed E-state index contributed by atoms with van der Waals surface area (Å²) in [5.74, 6) is 0.465. The highest BCUT2D eigenvalue weighted by atomic mass is 16.6. The van der Waals surface area contributed by atoms with Gasteiger partial charge in [0.15, 0.2) is 0 Å². The molecule has 0 amide bonds. The van der Waals surface area contributed by atoms with Gasteiger partial charge in [-0.3, -0.25) is 14.9 Å². The Morgan fingerprint density at radius 1 is 1.17 bits per heavy atom. The summed E-state index contributed by atoms with van der Waals surface area (Å²) in [4.78, 5) is 26.9. The number of nitro groups is 1. The minimum Gasteiger partial charge on any atom is -0.267 e. The molecule has 7 nitrogen and oxygen atoms in total. The minimum atomic E-state index is -0.469. The van der Waals surface area contributed by atoms with Crippen molar-refractivity contribution in [1.82, 2.24) is 9.66 Å². The molecular weight excluding hydrogens is 296 g/mol. The fourth-order valence-corrected chi connectivity index (χ4v) is 2.18. The van der Waals surface area contributed by atoms with E-state index in [1.165, 1.54) is 23.0 Å². The highest BCUT2D eigenvalue weighted by molar-refractivity contribution is 5.80. The standard InChI is InChI=1S/C16H12N4O3/c1-11-18-15-5-3-2-4-14(15)16(21)19(11)17-10-12-6-8-13(9-7-12)20(22)23/h2-10H,1H3/b17-10+. The highest BCUT2D eigenvalue weighted by Crippen LogP contribution is 2.11. The maximum Gasteiger partial charge on any atom is 0.282 e. The second kappa shape index (κ2) is 5.80. The zero-order chi connectivity index (χ0) is 16.4. The lowest BCUT2D eigenvalue weighted by molar-refractivity contribution is -0.384. The van der Waals surface area contributed by atoms with Crippen LogP contribution in [-0.2, 0) is 0 Å². The largest absolute Gasteiger partial charge is 0.282 e. The summed E-state index contributed by atoms with van der Waals surface area (Å²) in [6.07, 6.45) is 1.47. The van der Waals surface area contributed by atoms with Crippen molar-refractivity contribution in [2.24, 2.45) is 5.10 Å². The molecule has 0 unspecified atom stereocenters. The molecule has 0 atom stereocenters. The van der Waals surface area contributed by atoms with Crippen molar-refractivity contribution in [3.05, 3.63) is 80.4 Å². The molecule has 0 aliphatic heterocycles. The van der Waals surface area contributed by atoms with Gasteiger partial charge in [-0.15, -0.1) is 0 Å². The van der Waals surface area contributed by atoms with Gasteiger partial charge in [0.1, 0.15) is 5.82 Å². The molecule has 0 spiro atoms. The van der Waals surface area contributed by atoms with Gasteiger partial charge in [-0.05, 0) is 36.8 Å². The third-order valence-electron chi connectivity index (χ3n) is 3.34. The Balaban J connectivity index is 2.00. The second-order valence-corrected chi connectivity index (χ2v) is 4.89. The van der Waals surface area contributed by atoms with E-state index < -0.39 is 4.92 Å². The molecule has 0 N–H and O–H groups in total. The van der Waals surface area contributed by atoms with Gasteiger partial charge >= 0.3 is 0 Å². The third-order valence-corrected chi connectivity index (χ3v) is 3.34. The maximum absolute atomic E-state index is 12.4. The van der Waals surface area contributed by atoms with Crippen LogP contribution in [0.3, 0.4) is 0 Å². The Kier molecular flexibility index (Phi) is 3.68. The molecule has 0 fully saturated rings. The first kappa shape index (κ1) is 14.6. The zero-order valence-electron chi connectivity index (χ0n) is 12.2. The van der Waals surface area contributed by atoms with E-state index in [1.807, 2.05) is 6.07 Å². The number of para-hydroxylation sites is 1. The summed E-state index contributed by atoms with van der Waals surface area (Å²) in [6, 6.07) is 13.0. The molecule has 0 aliphatic carbocycles. The molecule has 7 heteroatoms. The molecule has 0 bridgehead atoms. The Morgan fingerprint density at radius 2 is 1.87 bits per heavy atom. The molecular formula is C16H12N4O3. The third kappa shape index (κ3) is 2.84. The molecule has 3 rings (SSSR count). The van der Waals surface area contributed by atoms with E-state index in [0.717, 1.165) is 0 Å². The van der Waals surface area contributed by atoms with E-state index in [-0.39, 0.29) is 11.2 Å². The number of non-ortho nitro benzene ring substituents is 1. The number of fused-ring (bicyclic) bond motifs is 1. The van der Waals surface area contributed by atoms with E-state index in [4.69, 9.17) is 0 Å². The van der Waals surface area contributed by atoms with Crippen molar-refractivity contribution in [2.45, 2.75) is 6.92 Å². The van der Waals surface area contributed by atoms with Crippen molar-refractivity contribution in [3.8, 4) is 0 Å². The summed E-state index contributed by atoms with van der Waals surface area (Å²) < 4.78 is 1.21. The lowest BCUT2D eigenvalue weighted by Gasteiger charge is -2.04. The number of benzene rings is 2. The fraction of sp³-hybridized carbons (Fsp3) is 0.0625. The van der Waals surface area contributed by atoms with E-state index in [9.17, 15) is 14.9 Å². The topological polar surface area (TPSA) is 90.4 Å². The van der Waals surface area contributed by atoms with Crippen LogP contribution >= 0.6 is 0 Å². The number of hydrogen-bond donors (Lipinski definition) is 0. The number of hydrogen-bond acceptors (Lipinski definition) is 5. The first-order valence-electron chi connectivity index (χ1n) is 6.83. The van der Waals surface area contributed by atoms with Crippen LogP contribution in [-0.4, -0.2) is 20.8 Å². The highest BCUT2D eigenvalue weighted by Gasteiger charge is 2.06. The number of rotatable bonds is 3. The lowest BCUT2D eigenvalue weighted by Crippen LogP contribution is -2.20. The van der Waals surface area contributed by atoms with Gasteiger partial charge < -0.3 is 0 Å². The van der Waals surface area contributed by atoms with Crippen molar-refractivity contribution < 1.29 is 4.92 Å². The predicted octanol–water partition coefficient (Wildman–Crippen LogP) is 2.50. The smallest absolute Gasteiger partial charge is 0.267 e. The van der Waals surface area contributed by atoms with Crippen LogP contribution in [0.2, 0.25) is 0 Å². The Bertz CT molecular complexity index is 975. The van der Waals surface area contributed by atoms with Crippen molar-refractivity contribution >= 4 is 22.8 Å². The molecule has 3 aromatic rings. The zero-order valence-corrected chi connectivity index (χ0v) is 12.2. The van der Waals surface area contributed by atoms with Crippen LogP contribution in [0.25, 0.3) is 10.9 Å². The number of nitro benzene ring substituents is 1. The van der Waals surface area contributed by atoms with Crippen LogP contribution in [0.5, 0.6) is 0 Å². The fourth-order valence-electron chi connectivity index (χ4n) is 2.18. The SMILES string of the molecule is Cc1nc2ccccc2c(=O)n1/N=C/c1ccc([N+](=O)[O-])cc1. The van der Waals surface area contributed by atoms with Gasteiger partial charge in [0.2, 0.25) is 0 Å². The van der Waals surface area contributed by atoms with Gasteiger partial charge in [0, 0.05) is 12.1 Å². The normalized spacial score (nSPS) is 11.2. The van der Waals surface area contributed by atoms with Crippen molar-refractivity contribution in [2.75, 3.05) is 0 Å². The number of aryl methyl sites for hydroxylation is 1. The summed E-state index contributed by atoms with van der Waals surface area (Å²) in [5, 5.41) is 15.3. The number of nitrogens with zero attached hydrogens (tertiary/aromatic N) is 4. The maximum atomic E-state index is 12.4. The molecule has 23 heavy (non-hydrogen) atoms. The molecule has 0 saturated carbocycles. The molecule has 114 valence electrons. The first-order valence-corrected chi connectivity index (χ1v) is 6.83. The molecule has 1 aromatic heterocycles. The monoisotopic (exact) mass is 308 g/mol. The predicted molar refractivity (Wildman–Crippen MR) is 86.8 cm³/mol. The minimum absolute atomic E-state index is 0.00266. The summed E-state index contributed by atoms with van der Waals surface area (Å²) in [6.45, 7) is 1.70. The van der Waals surface area contributed by atoms with E-state index >= 15 is 0 Å². The van der Waals surface area contributed by atoms with Gasteiger partial charge in [-0.1, -0.05) is 12.1 Å². The van der Waals surface area contributed by atoms with Gasteiger partial charge in [-0.2, -0.15) is 9.78 Å². The van der Waals surface area contributed by atoms with Crippen LogP contribution in [0.4, 0.5) is 5.69 Å². The molecule has 0 radical (unpaired) electrons. The molecule has 0 aliphatic rings. The second-order valence-electron chi connectivity index (χ2n) is 4.89. The van der Waals surface area contributed by atoms with Crippen molar-refractivity contribution in [1.29, 1.82) is 0 Å². The summed E-state index contributed by atoms with van der Waals surface area (Å²) >= 11 is 0. The van der Waals surface area contributed by atoms with Crippen LogP contribution in [0.15, 0.2) is 58.4 Å². The number of aromatic nitrogens is 2. The van der Waals surface area contributed by atoms with E-state index in [0.29, 0.717) is 22.3 Å². The van der Waals surface area contributed by atoms with Gasteiger partial charge in [-0.25, -0.2) is 4.98 Å². The van der Waals surface area contributed by atoms with Gasteiger partial charge in [0.05, 0.1) is 22.0 Å². The van der Waals surface area contributed by atoms with Crippen molar-refractivity contribution in [3.63, 3.8) is 0 Å². The van der Waals surface area contributed by atoms with Crippen LogP contribution in [0.1, 0.15) is 11.4 Å².